The van der Waals surface area contributed by atoms with Crippen LogP contribution in [-0.4, -0.2) is 40.3 Å². The molecule has 2 N–H and O–H groups in total. The molecule has 7 nitrogen and oxygen atoms in total. The third kappa shape index (κ3) is 5.88. The van der Waals surface area contributed by atoms with Crippen LogP contribution < -0.4 is 20.1 Å². The summed E-state index contributed by atoms with van der Waals surface area (Å²) in [7, 11) is -3.31. The Morgan fingerprint density at radius 2 is 1.68 bits per heavy atom. The first-order valence-corrected chi connectivity index (χ1v) is 10.9. The quantitative estimate of drug-likeness (QED) is 0.664. The van der Waals surface area contributed by atoms with E-state index >= 15 is 0 Å². The standard InChI is InChI=1S/C20H26N2O5S/c1-5-26-18-10-8-15(11-19(18)27-6-2)22-20(23)13-21-17-12-16(28(4,24)25)9-7-14(17)3/h7-12,21H,5-6,13H2,1-4H3,(H,22,23). The number of carbonyl (C=O) groups is 1. The number of hydrogen-bond acceptors (Lipinski definition) is 6. The van der Waals surface area contributed by atoms with Gasteiger partial charge in [0.15, 0.2) is 21.3 Å². The number of ether oxygens (including phenoxy) is 2. The van der Waals surface area contributed by atoms with E-state index in [9.17, 15) is 13.2 Å². The maximum Gasteiger partial charge on any atom is 0.243 e. The zero-order chi connectivity index (χ0) is 20.7. The topological polar surface area (TPSA) is 93.7 Å². The monoisotopic (exact) mass is 406 g/mol. The Balaban J connectivity index is 2.06. The lowest BCUT2D eigenvalue weighted by molar-refractivity contribution is -0.114. The first-order chi connectivity index (χ1) is 13.2. The minimum Gasteiger partial charge on any atom is -0.490 e. The average Bonchev–Trinajstić information content (AvgIpc) is 2.62. The Bertz CT molecular complexity index is 942. The van der Waals surface area contributed by atoms with Crippen molar-refractivity contribution < 1.29 is 22.7 Å². The van der Waals surface area contributed by atoms with Gasteiger partial charge in [-0.2, -0.15) is 0 Å². The third-order valence-electron chi connectivity index (χ3n) is 3.90. The number of anilines is 2. The fourth-order valence-electron chi connectivity index (χ4n) is 2.53. The van der Waals surface area contributed by atoms with Crippen LogP contribution in [0.15, 0.2) is 41.3 Å². The largest absolute Gasteiger partial charge is 0.490 e. The third-order valence-corrected chi connectivity index (χ3v) is 5.01. The molecule has 0 saturated heterocycles. The van der Waals surface area contributed by atoms with Crippen LogP contribution in [0.2, 0.25) is 0 Å². The molecule has 2 rings (SSSR count). The highest BCUT2D eigenvalue weighted by molar-refractivity contribution is 7.90. The van der Waals surface area contributed by atoms with Crippen molar-refractivity contribution in [2.24, 2.45) is 0 Å². The molecule has 2 aromatic rings. The van der Waals surface area contributed by atoms with E-state index < -0.39 is 9.84 Å². The van der Waals surface area contributed by atoms with E-state index in [4.69, 9.17) is 9.47 Å². The van der Waals surface area contributed by atoms with Crippen LogP contribution in [0.1, 0.15) is 19.4 Å². The zero-order valence-electron chi connectivity index (χ0n) is 16.5. The van der Waals surface area contributed by atoms with Crippen molar-refractivity contribution in [2.75, 3.05) is 36.6 Å². The number of sulfone groups is 1. The van der Waals surface area contributed by atoms with Gasteiger partial charge in [-0.1, -0.05) is 6.07 Å². The lowest BCUT2D eigenvalue weighted by Gasteiger charge is -2.14. The van der Waals surface area contributed by atoms with E-state index in [1.807, 2.05) is 20.8 Å². The van der Waals surface area contributed by atoms with E-state index in [2.05, 4.69) is 10.6 Å². The second kappa shape index (κ2) is 9.45. The summed E-state index contributed by atoms with van der Waals surface area (Å²) >= 11 is 0. The normalized spacial score (nSPS) is 11.0. The second-order valence-corrected chi connectivity index (χ2v) is 8.19. The molecule has 0 aromatic heterocycles. The molecule has 2 aromatic carbocycles. The van der Waals surface area contributed by atoms with Crippen molar-refractivity contribution in [1.82, 2.24) is 0 Å². The molecule has 0 unspecified atom stereocenters. The molecular formula is C20H26N2O5S. The zero-order valence-corrected chi connectivity index (χ0v) is 17.4. The molecule has 152 valence electrons. The summed E-state index contributed by atoms with van der Waals surface area (Å²) in [4.78, 5) is 12.5. The van der Waals surface area contributed by atoms with Crippen molar-refractivity contribution in [3.05, 3.63) is 42.0 Å². The summed E-state index contributed by atoms with van der Waals surface area (Å²) in [6.07, 6.45) is 1.15. The second-order valence-electron chi connectivity index (χ2n) is 6.18. The molecule has 0 bridgehead atoms. The van der Waals surface area contributed by atoms with Gasteiger partial charge in [0.2, 0.25) is 5.91 Å². The number of carbonyl (C=O) groups excluding carboxylic acids is 1. The fourth-order valence-corrected chi connectivity index (χ4v) is 3.18. The summed E-state index contributed by atoms with van der Waals surface area (Å²) in [6, 6.07) is 9.98. The van der Waals surface area contributed by atoms with Gasteiger partial charge in [-0.05, 0) is 50.6 Å². The summed E-state index contributed by atoms with van der Waals surface area (Å²) in [6.45, 7) is 6.59. The number of aryl methyl sites for hydroxylation is 1. The maximum atomic E-state index is 12.3. The number of hydrogen-bond donors (Lipinski definition) is 2. The molecule has 0 aliphatic carbocycles. The van der Waals surface area contributed by atoms with Crippen LogP contribution in [0.5, 0.6) is 11.5 Å². The van der Waals surface area contributed by atoms with E-state index in [1.165, 1.54) is 6.07 Å². The maximum absolute atomic E-state index is 12.3. The lowest BCUT2D eigenvalue weighted by atomic mass is 10.2. The highest BCUT2D eigenvalue weighted by Gasteiger charge is 2.11. The van der Waals surface area contributed by atoms with Gasteiger partial charge in [0.1, 0.15) is 0 Å². The minimum absolute atomic E-state index is 0.00870. The molecular weight excluding hydrogens is 380 g/mol. The highest BCUT2D eigenvalue weighted by atomic mass is 32.2. The highest BCUT2D eigenvalue weighted by Crippen LogP contribution is 2.30. The Morgan fingerprint density at radius 1 is 1.00 bits per heavy atom. The van der Waals surface area contributed by atoms with Gasteiger partial charge in [-0.3, -0.25) is 4.79 Å². The van der Waals surface area contributed by atoms with Gasteiger partial charge in [0.05, 0.1) is 24.7 Å². The van der Waals surface area contributed by atoms with Crippen LogP contribution in [0.4, 0.5) is 11.4 Å². The van der Waals surface area contributed by atoms with Gasteiger partial charge in [-0.25, -0.2) is 8.42 Å². The van der Waals surface area contributed by atoms with Gasteiger partial charge in [0, 0.05) is 23.7 Å². The van der Waals surface area contributed by atoms with Crippen LogP contribution in [0.3, 0.4) is 0 Å². The molecule has 0 saturated carbocycles. The van der Waals surface area contributed by atoms with Crippen molar-refractivity contribution in [3.63, 3.8) is 0 Å². The van der Waals surface area contributed by atoms with Crippen molar-refractivity contribution >= 4 is 27.1 Å². The molecule has 0 radical (unpaired) electrons. The molecule has 0 aliphatic heterocycles. The molecule has 8 heteroatoms. The molecule has 0 heterocycles. The fraction of sp³-hybridized carbons (Fsp3) is 0.350. The van der Waals surface area contributed by atoms with Crippen LogP contribution in [-0.2, 0) is 14.6 Å². The predicted octanol–water partition coefficient (Wildman–Crippen LogP) is 3.25. The Hall–Kier alpha value is -2.74. The Morgan fingerprint density at radius 3 is 2.32 bits per heavy atom. The summed E-state index contributed by atoms with van der Waals surface area (Å²) < 4.78 is 34.5. The molecule has 28 heavy (non-hydrogen) atoms. The number of benzene rings is 2. The molecule has 0 aliphatic rings. The van der Waals surface area contributed by atoms with Gasteiger partial charge < -0.3 is 20.1 Å². The van der Waals surface area contributed by atoms with Crippen molar-refractivity contribution in [3.8, 4) is 11.5 Å². The molecule has 1 amide bonds. The average molecular weight is 407 g/mol. The van der Waals surface area contributed by atoms with E-state index in [0.717, 1.165) is 11.8 Å². The van der Waals surface area contributed by atoms with Gasteiger partial charge in [0.25, 0.3) is 0 Å². The Kier molecular flexibility index (Phi) is 7.28. The van der Waals surface area contributed by atoms with Crippen LogP contribution >= 0.6 is 0 Å². The summed E-state index contributed by atoms with van der Waals surface area (Å²) in [5, 5.41) is 5.77. The molecule has 0 atom stereocenters. The van der Waals surface area contributed by atoms with E-state index in [1.54, 1.807) is 30.3 Å². The summed E-state index contributed by atoms with van der Waals surface area (Å²) in [5.41, 5.74) is 2.03. The lowest BCUT2D eigenvalue weighted by Crippen LogP contribution is -2.22. The van der Waals surface area contributed by atoms with Gasteiger partial charge >= 0.3 is 0 Å². The van der Waals surface area contributed by atoms with Crippen LogP contribution in [0, 0.1) is 6.92 Å². The smallest absolute Gasteiger partial charge is 0.243 e. The molecule has 0 spiro atoms. The van der Waals surface area contributed by atoms with E-state index in [0.29, 0.717) is 36.1 Å². The van der Waals surface area contributed by atoms with Crippen molar-refractivity contribution in [2.45, 2.75) is 25.7 Å². The number of nitrogens with one attached hydrogen (secondary N) is 2. The first-order valence-electron chi connectivity index (χ1n) is 8.98. The first kappa shape index (κ1) is 21.6. The minimum atomic E-state index is -3.31. The SMILES string of the molecule is CCOc1ccc(NC(=O)CNc2cc(S(C)(=O)=O)ccc2C)cc1OCC. The van der Waals surface area contributed by atoms with Gasteiger partial charge in [-0.15, -0.1) is 0 Å². The van der Waals surface area contributed by atoms with E-state index in [-0.39, 0.29) is 17.3 Å². The number of amides is 1. The van der Waals surface area contributed by atoms with Crippen molar-refractivity contribution in [1.29, 1.82) is 0 Å². The molecule has 0 fully saturated rings. The Labute approximate surface area is 166 Å². The predicted molar refractivity (Wildman–Crippen MR) is 110 cm³/mol. The number of rotatable bonds is 9. The van der Waals surface area contributed by atoms with Crippen LogP contribution in [0.25, 0.3) is 0 Å². The summed E-state index contributed by atoms with van der Waals surface area (Å²) in [5.74, 6) is 0.913.